The van der Waals surface area contributed by atoms with E-state index < -0.39 is 31.5 Å². The SMILES string of the molecule is Cc1ccc(S(=O)(=O)[N]2C(c3ccccc3)C(c3ccccc3)[N](CCCc3ccccc3)[Ru]2[Cl])cc1. The van der Waals surface area contributed by atoms with Crippen LogP contribution in [0.2, 0.25) is 0 Å². The average Bonchev–Trinajstić information content (AvgIpc) is 3.23. The second kappa shape index (κ2) is 11.6. The molecule has 193 valence electrons. The van der Waals surface area contributed by atoms with E-state index in [0.717, 1.165) is 36.1 Å². The number of hydrogen-bond donors (Lipinski definition) is 0. The first-order valence-corrected chi connectivity index (χ1v) is 17.6. The Morgan fingerprint density at radius 3 is 1.81 bits per heavy atom. The molecule has 0 radical (unpaired) electrons. The van der Waals surface area contributed by atoms with Gasteiger partial charge in [0.2, 0.25) is 0 Å². The summed E-state index contributed by atoms with van der Waals surface area (Å²) in [5.41, 5.74) is 4.33. The number of aryl methyl sites for hydroxylation is 2. The molecule has 0 N–H and O–H groups in total. The summed E-state index contributed by atoms with van der Waals surface area (Å²) in [6.45, 7) is 2.68. The first kappa shape index (κ1) is 26.3. The standard InChI is InChI=1S/C30H30N2O2S.ClH.Ru/c1-24-19-21-28(22-20-24)35(33,34)32-30(27-17-9-4-10-18-27)29(26-15-7-3-8-16-26)31-23-11-14-25-12-5-2-6-13-25;;/h2-10,12-13,15-22,29-30H,11,14,23H2,1H3;1H;/q-2;;+3/p-1. The quantitative estimate of drug-likeness (QED) is 0.199. The summed E-state index contributed by atoms with van der Waals surface area (Å²) >= 11 is -2.67. The number of sulfonamides is 1. The van der Waals surface area contributed by atoms with Gasteiger partial charge in [-0.2, -0.15) is 0 Å². The van der Waals surface area contributed by atoms with Crippen LogP contribution in [0.4, 0.5) is 0 Å². The molecule has 4 aromatic carbocycles. The Labute approximate surface area is 230 Å². The zero-order valence-electron chi connectivity index (χ0n) is 20.6. The van der Waals surface area contributed by atoms with E-state index in [1.807, 2.05) is 73.7 Å². The van der Waals surface area contributed by atoms with Crippen LogP contribution in [0.25, 0.3) is 0 Å². The van der Waals surface area contributed by atoms with Gasteiger partial charge in [0.1, 0.15) is 0 Å². The molecule has 1 aliphatic rings. The third-order valence-corrected chi connectivity index (χ3v) is 15.0. The van der Waals surface area contributed by atoms with Crippen molar-refractivity contribution in [2.75, 3.05) is 6.54 Å². The zero-order chi connectivity index (χ0) is 25.8. The van der Waals surface area contributed by atoms with Crippen molar-refractivity contribution in [1.29, 1.82) is 0 Å². The topological polar surface area (TPSA) is 40.6 Å². The van der Waals surface area contributed by atoms with Gasteiger partial charge < -0.3 is 0 Å². The van der Waals surface area contributed by atoms with E-state index in [1.54, 1.807) is 15.2 Å². The molecule has 1 aliphatic heterocycles. The van der Waals surface area contributed by atoms with Gasteiger partial charge in [-0.1, -0.05) is 0 Å². The van der Waals surface area contributed by atoms with E-state index in [-0.39, 0.29) is 10.9 Å². The maximum absolute atomic E-state index is 14.2. The Bertz CT molecular complexity index is 1400. The Kier molecular flexibility index (Phi) is 8.23. The van der Waals surface area contributed by atoms with E-state index in [1.165, 1.54) is 5.56 Å². The van der Waals surface area contributed by atoms with Crippen molar-refractivity contribution in [1.82, 2.24) is 6.69 Å². The van der Waals surface area contributed by atoms with E-state index in [4.69, 9.17) is 9.69 Å². The van der Waals surface area contributed by atoms with Crippen molar-refractivity contribution < 1.29 is 23.9 Å². The Hall–Kier alpha value is -2.34. The minimum absolute atomic E-state index is 0.170. The fourth-order valence-corrected chi connectivity index (χ4v) is 13.3. The van der Waals surface area contributed by atoms with Gasteiger partial charge in [-0.25, -0.2) is 0 Å². The summed E-state index contributed by atoms with van der Waals surface area (Å²) in [6.07, 6.45) is 1.81. The van der Waals surface area contributed by atoms with Crippen molar-refractivity contribution in [2.45, 2.75) is 36.7 Å². The summed E-state index contributed by atoms with van der Waals surface area (Å²) in [4.78, 5) is 0.288. The summed E-state index contributed by atoms with van der Waals surface area (Å²) in [5, 5.41) is 0. The summed E-state index contributed by atoms with van der Waals surface area (Å²) < 4.78 is 32.4. The van der Waals surface area contributed by atoms with Gasteiger partial charge >= 0.3 is 231 Å². The van der Waals surface area contributed by atoms with E-state index in [9.17, 15) is 8.42 Å². The molecule has 2 atom stereocenters. The van der Waals surface area contributed by atoms with Gasteiger partial charge in [-0.15, -0.1) is 0 Å². The molecule has 5 rings (SSSR count). The number of nitrogens with zero attached hydrogens (tertiary/aromatic N) is 2. The van der Waals surface area contributed by atoms with Crippen molar-refractivity contribution in [2.24, 2.45) is 0 Å². The van der Waals surface area contributed by atoms with Crippen LogP contribution in [0.5, 0.6) is 0 Å². The molecule has 2 unspecified atom stereocenters. The third-order valence-electron chi connectivity index (χ3n) is 6.60. The van der Waals surface area contributed by atoms with Gasteiger partial charge in [-0.05, 0) is 0 Å². The summed E-state index contributed by atoms with van der Waals surface area (Å²) in [6, 6.07) is 37.0. The molecule has 7 heteroatoms. The Morgan fingerprint density at radius 1 is 0.730 bits per heavy atom. The van der Waals surface area contributed by atoms with Gasteiger partial charge in [0.05, 0.1) is 0 Å². The van der Waals surface area contributed by atoms with Crippen molar-refractivity contribution >= 4 is 19.7 Å². The molecule has 0 aliphatic carbocycles. The van der Waals surface area contributed by atoms with Gasteiger partial charge in [-0.3, -0.25) is 0 Å². The molecule has 0 aromatic heterocycles. The van der Waals surface area contributed by atoms with Gasteiger partial charge in [0.25, 0.3) is 0 Å². The number of hydrogen-bond acceptors (Lipinski definition) is 3. The van der Waals surface area contributed by atoms with Crippen LogP contribution in [0.3, 0.4) is 0 Å². The third kappa shape index (κ3) is 5.60. The number of rotatable bonds is 8. The van der Waals surface area contributed by atoms with Gasteiger partial charge in [0.15, 0.2) is 0 Å². The molecule has 4 nitrogen and oxygen atoms in total. The van der Waals surface area contributed by atoms with Crippen LogP contribution in [0.1, 0.15) is 40.8 Å². The number of halogens is 1. The fraction of sp³-hybridized carbons (Fsp3) is 0.200. The average molecular weight is 619 g/mol. The van der Waals surface area contributed by atoms with Crippen LogP contribution >= 0.6 is 9.69 Å². The molecule has 4 aromatic rings. The van der Waals surface area contributed by atoms with Gasteiger partial charge in [0, 0.05) is 0 Å². The van der Waals surface area contributed by atoms with Crippen molar-refractivity contribution in [3.63, 3.8) is 0 Å². The molecule has 1 fully saturated rings. The Balaban J connectivity index is 1.58. The maximum atomic E-state index is 14.2. The summed E-state index contributed by atoms with van der Waals surface area (Å²) in [7, 11) is 3.47. The Morgan fingerprint density at radius 2 is 1.24 bits per heavy atom. The van der Waals surface area contributed by atoms with Crippen LogP contribution in [-0.4, -0.2) is 21.7 Å². The fourth-order valence-electron chi connectivity index (χ4n) is 4.75. The molecule has 0 amide bonds. The zero-order valence-corrected chi connectivity index (χ0v) is 23.9. The molecule has 0 saturated carbocycles. The second-order valence-electron chi connectivity index (χ2n) is 9.15. The summed E-state index contributed by atoms with van der Waals surface area (Å²) in [5.74, 6) is 0. The van der Waals surface area contributed by atoms with Crippen LogP contribution in [0, 0.1) is 6.92 Å². The normalized spacial score (nSPS) is 19.8. The predicted molar refractivity (Wildman–Crippen MR) is 146 cm³/mol. The molecule has 1 heterocycles. The molecular weight excluding hydrogens is 589 g/mol. The molecule has 37 heavy (non-hydrogen) atoms. The minimum atomic E-state index is -3.83. The first-order chi connectivity index (χ1) is 18.0. The van der Waals surface area contributed by atoms with Crippen molar-refractivity contribution in [3.8, 4) is 0 Å². The van der Waals surface area contributed by atoms with Crippen LogP contribution in [0.15, 0.2) is 120 Å². The van der Waals surface area contributed by atoms with E-state index in [2.05, 4.69) is 40.0 Å². The molecule has 1 saturated heterocycles. The number of benzene rings is 4. The second-order valence-corrected chi connectivity index (χ2v) is 15.7. The molecular formula is C30H30ClN2O2RuS. The van der Waals surface area contributed by atoms with E-state index >= 15 is 0 Å². The van der Waals surface area contributed by atoms with Crippen LogP contribution in [-0.2, 0) is 31.9 Å². The molecule has 0 bridgehead atoms. The van der Waals surface area contributed by atoms with E-state index in [0.29, 0.717) is 0 Å². The monoisotopic (exact) mass is 619 g/mol. The first-order valence-electron chi connectivity index (χ1n) is 12.3. The van der Waals surface area contributed by atoms with Crippen LogP contribution < -0.4 is 0 Å². The van der Waals surface area contributed by atoms with Crippen molar-refractivity contribution in [3.05, 3.63) is 138 Å². The molecule has 0 spiro atoms. The predicted octanol–water partition coefficient (Wildman–Crippen LogP) is 7.02.